The van der Waals surface area contributed by atoms with Crippen LogP contribution >= 0.6 is 0 Å². The quantitative estimate of drug-likeness (QED) is 0.421. The monoisotopic (exact) mass is 256 g/mol. The molecule has 2 unspecified atom stereocenters. The number of carbonyl (C=O) groups excluding carboxylic acids is 3. The zero-order valence-electron chi connectivity index (χ0n) is 10.6. The van der Waals surface area contributed by atoms with Gasteiger partial charge in [-0.1, -0.05) is 6.58 Å². The summed E-state index contributed by atoms with van der Waals surface area (Å²) in [7, 11) is 0. The summed E-state index contributed by atoms with van der Waals surface area (Å²) >= 11 is 0. The van der Waals surface area contributed by atoms with Crippen LogP contribution in [-0.2, 0) is 28.6 Å². The Bertz CT molecular complexity index is 379. The van der Waals surface area contributed by atoms with Crippen molar-refractivity contribution in [3.63, 3.8) is 0 Å². The number of hydrogen-bond acceptors (Lipinski definition) is 6. The molecule has 0 aromatic heterocycles. The van der Waals surface area contributed by atoms with Crippen LogP contribution in [0.1, 0.15) is 27.2 Å². The molecule has 100 valence electrons. The van der Waals surface area contributed by atoms with Gasteiger partial charge in [0.1, 0.15) is 5.60 Å². The summed E-state index contributed by atoms with van der Waals surface area (Å²) in [6, 6.07) is 0. The molecule has 0 N–H and O–H groups in total. The van der Waals surface area contributed by atoms with E-state index in [0.29, 0.717) is 0 Å². The molecule has 0 bridgehead atoms. The minimum Gasteiger partial charge on any atom is -0.457 e. The Morgan fingerprint density at radius 1 is 1.44 bits per heavy atom. The Hall–Kier alpha value is -1.85. The molecule has 1 aliphatic heterocycles. The van der Waals surface area contributed by atoms with Gasteiger partial charge in [0, 0.05) is 12.5 Å². The van der Waals surface area contributed by atoms with Crippen molar-refractivity contribution in [3.05, 3.63) is 12.7 Å². The standard InChI is InChI=1S/C12H16O6/c1-5-9(13)16-7-6-8(17-10(7)14)11(15)18-12(2,3)4/h5,7-8H,1,6H2,2-4H3. The fraction of sp³-hybridized carbons (Fsp3) is 0.583. The van der Waals surface area contributed by atoms with Gasteiger partial charge in [-0.2, -0.15) is 0 Å². The van der Waals surface area contributed by atoms with Crippen molar-refractivity contribution in [3.8, 4) is 0 Å². The highest BCUT2D eigenvalue weighted by Gasteiger charge is 2.42. The lowest BCUT2D eigenvalue weighted by atomic mass is 10.1. The molecule has 1 fully saturated rings. The van der Waals surface area contributed by atoms with E-state index in [2.05, 4.69) is 6.58 Å². The van der Waals surface area contributed by atoms with Crippen LogP contribution in [0.15, 0.2) is 12.7 Å². The van der Waals surface area contributed by atoms with Gasteiger partial charge in [-0.05, 0) is 20.8 Å². The van der Waals surface area contributed by atoms with E-state index in [-0.39, 0.29) is 6.42 Å². The van der Waals surface area contributed by atoms with E-state index < -0.39 is 35.7 Å². The van der Waals surface area contributed by atoms with Gasteiger partial charge in [-0.15, -0.1) is 0 Å². The van der Waals surface area contributed by atoms with E-state index in [9.17, 15) is 14.4 Å². The van der Waals surface area contributed by atoms with Gasteiger partial charge in [0.25, 0.3) is 0 Å². The summed E-state index contributed by atoms with van der Waals surface area (Å²) in [4.78, 5) is 34.0. The normalized spacial score (nSPS) is 23.2. The highest BCUT2D eigenvalue weighted by Crippen LogP contribution is 2.21. The third kappa shape index (κ3) is 3.87. The third-order valence-electron chi connectivity index (χ3n) is 2.04. The van der Waals surface area contributed by atoms with Crippen LogP contribution in [0.25, 0.3) is 0 Å². The summed E-state index contributed by atoms with van der Waals surface area (Å²) in [6.45, 7) is 8.33. The highest BCUT2D eigenvalue weighted by molar-refractivity contribution is 5.89. The predicted octanol–water partition coefficient (Wildman–Crippen LogP) is 0.741. The lowest BCUT2D eigenvalue weighted by molar-refractivity contribution is -0.171. The molecule has 18 heavy (non-hydrogen) atoms. The largest absolute Gasteiger partial charge is 0.457 e. The Morgan fingerprint density at radius 3 is 2.56 bits per heavy atom. The zero-order chi connectivity index (χ0) is 13.9. The fourth-order valence-electron chi connectivity index (χ4n) is 1.35. The van der Waals surface area contributed by atoms with E-state index in [1.54, 1.807) is 20.8 Å². The molecule has 6 nitrogen and oxygen atoms in total. The molecule has 1 saturated heterocycles. The molecular formula is C12H16O6. The SMILES string of the molecule is C=CC(=O)OC1CC(C(=O)OC(C)(C)C)OC1=O. The molecule has 0 aliphatic carbocycles. The average Bonchev–Trinajstić information content (AvgIpc) is 2.58. The van der Waals surface area contributed by atoms with E-state index in [0.717, 1.165) is 6.08 Å². The zero-order valence-corrected chi connectivity index (χ0v) is 10.6. The molecule has 0 saturated carbocycles. The maximum absolute atomic E-state index is 11.6. The number of esters is 3. The topological polar surface area (TPSA) is 78.9 Å². The summed E-state index contributed by atoms with van der Waals surface area (Å²) in [5.74, 6) is -2.13. The van der Waals surface area contributed by atoms with Gasteiger partial charge in [-0.25, -0.2) is 14.4 Å². The smallest absolute Gasteiger partial charge is 0.348 e. The molecule has 0 spiro atoms. The van der Waals surface area contributed by atoms with Crippen molar-refractivity contribution < 1.29 is 28.6 Å². The molecule has 0 aromatic carbocycles. The number of hydrogen-bond donors (Lipinski definition) is 0. The number of cyclic esters (lactones) is 1. The van der Waals surface area contributed by atoms with Crippen LogP contribution in [0.3, 0.4) is 0 Å². The van der Waals surface area contributed by atoms with Crippen LogP contribution < -0.4 is 0 Å². The molecule has 0 amide bonds. The Labute approximate surface area is 105 Å². The second-order valence-electron chi connectivity index (χ2n) is 4.82. The predicted molar refractivity (Wildman–Crippen MR) is 60.4 cm³/mol. The summed E-state index contributed by atoms with van der Waals surface area (Å²) in [5, 5.41) is 0. The molecule has 0 radical (unpaired) electrons. The van der Waals surface area contributed by atoms with Gasteiger partial charge < -0.3 is 14.2 Å². The average molecular weight is 256 g/mol. The van der Waals surface area contributed by atoms with Crippen molar-refractivity contribution in [1.82, 2.24) is 0 Å². The van der Waals surface area contributed by atoms with E-state index >= 15 is 0 Å². The van der Waals surface area contributed by atoms with Crippen LogP contribution in [-0.4, -0.2) is 35.7 Å². The Kier molecular flexibility index (Phi) is 4.11. The Morgan fingerprint density at radius 2 is 2.06 bits per heavy atom. The van der Waals surface area contributed by atoms with Gasteiger partial charge in [0.2, 0.25) is 12.2 Å². The van der Waals surface area contributed by atoms with Crippen molar-refractivity contribution in [2.75, 3.05) is 0 Å². The van der Waals surface area contributed by atoms with E-state index in [1.165, 1.54) is 0 Å². The van der Waals surface area contributed by atoms with Gasteiger partial charge in [-0.3, -0.25) is 0 Å². The molecular weight excluding hydrogens is 240 g/mol. The first kappa shape index (κ1) is 14.2. The van der Waals surface area contributed by atoms with Crippen molar-refractivity contribution >= 4 is 17.9 Å². The maximum Gasteiger partial charge on any atom is 0.348 e. The summed E-state index contributed by atoms with van der Waals surface area (Å²) < 4.78 is 14.6. The summed E-state index contributed by atoms with van der Waals surface area (Å²) in [6.07, 6.45) is -1.20. The number of carbonyl (C=O) groups is 3. The first-order valence-electron chi connectivity index (χ1n) is 5.49. The second kappa shape index (κ2) is 5.20. The van der Waals surface area contributed by atoms with E-state index in [4.69, 9.17) is 14.2 Å². The molecule has 1 aliphatic rings. The lowest BCUT2D eigenvalue weighted by Gasteiger charge is -2.21. The maximum atomic E-state index is 11.6. The minimum absolute atomic E-state index is 0.0344. The highest BCUT2D eigenvalue weighted by atomic mass is 16.6. The van der Waals surface area contributed by atoms with Crippen LogP contribution in [0.5, 0.6) is 0 Å². The van der Waals surface area contributed by atoms with Crippen LogP contribution in [0.2, 0.25) is 0 Å². The van der Waals surface area contributed by atoms with Gasteiger partial charge in [0.05, 0.1) is 0 Å². The van der Waals surface area contributed by atoms with E-state index in [1.807, 2.05) is 0 Å². The fourth-order valence-corrected chi connectivity index (χ4v) is 1.35. The van der Waals surface area contributed by atoms with Crippen LogP contribution in [0, 0.1) is 0 Å². The minimum atomic E-state index is -1.08. The van der Waals surface area contributed by atoms with Gasteiger partial charge >= 0.3 is 17.9 Å². The molecule has 1 heterocycles. The third-order valence-corrected chi connectivity index (χ3v) is 2.04. The van der Waals surface area contributed by atoms with Crippen molar-refractivity contribution in [2.24, 2.45) is 0 Å². The first-order valence-corrected chi connectivity index (χ1v) is 5.49. The Balaban J connectivity index is 2.58. The number of ether oxygens (including phenoxy) is 3. The second-order valence-corrected chi connectivity index (χ2v) is 4.82. The molecule has 2 atom stereocenters. The molecule has 6 heteroatoms. The van der Waals surface area contributed by atoms with Crippen molar-refractivity contribution in [1.29, 1.82) is 0 Å². The molecule has 0 aromatic rings. The first-order chi connectivity index (χ1) is 8.23. The van der Waals surface area contributed by atoms with Gasteiger partial charge in [0.15, 0.2) is 0 Å². The van der Waals surface area contributed by atoms with Crippen molar-refractivity contribution in [2.45, 2.75) is 45.0 Å². The number of rotatable bonds is 3. The lowest BCUT2D eigenvalue weighted by Crippen LogP contribution is -2.31. The summed E-state index contributed by atoms with van der Waals surface area (Å²) in [5.41, 5.74) is -0.667. The molecule has 1 rings (SSSR count). The van der Waals surface area contributed by atoms with Crippen LogP contribution in [0.4, 0.5) is 0 Å².